The Morgan fingerprint density at radius 1 is 1.00 bits per heavy atom. The summed E-state index contributed by atoms with van der Waals surface area (Å²) < 4.78 is 12.2. The van der Waals surface area contributed by atoms with Gasteiger partial charge in [0.1, 0.15) is 18.2 Å². The van der Waals surface area contributed by atoms with Crippen LogP contribution in [0.1, 0.15) is 44.6 Å². The molecule has 2 aliphatic rings. The molecule has 0 bridgehead atoms. The van der Waals surface area contributed by atoms with Gasteiger partial charge < -0.3 is 9.47 Å². The Hall–Kier alpha value is -3.37. The lowest BCUT2D eigenvalue weighted by atomic mass is 9.99. The van der Waals surface area contributed by atoms with Crippen molar-refractivity contribution in [3.05, 3.63) is 99.8 Å². The fourth-order valence-electron chi connectivity index (χ4n) is 4.48. The van der Waals surface area contributed by atoms with Crippen molar-refractivity contribution in [3.63, 3.8) is 0 Å². The number of aryl methyl sites for hydroxylation is 2. The molecule has 32 heavy (non-hydrogen) atoms. The zero-order chi connectivity index (χ0) is 22.1. The molecule has 2 heterocycles. The lowest BCUT2D eigenvalue weighted by molar-refractivity contribution is 0.0932. The first-order chi connectivity index (χ1) is 15.6. The summed E-state index contributed by atoms with van der Waals surface area (Å²) >= 11 is 0. The highest BCUT2D eigenvalue weighted by atomic mass is 16.5. The molecular weight excluding hydrogens is 398 g/mol. The van der Waals surface area contributed by atoms with Gasteiger partial charge in [0.25, 0.3) is 0 Å². The van der Waals surface area contributed by atoms with Gasteiger partial charge in [-0.05, 0) is 55.5 Å². The Morgan fingerprint density at radius 3 is 2.59 bits per heavy atom. The highest BCUT2D eigenvalue weighted by Gasteiger charge is 2.33. The van der Waals surface area contributed by atoms with Gasteiger partial charge in [-0.25, -0.2) is 0 Å². The molecule has 0 unspecified atom stereocenters. The Kier molecular flexibility index (Phi) is 5.54. The standard InChI is InChI=1S/C28H27NO3/c1-19-9-6-7-13-22(19)16-25-26(30)24-15-23-17-29(14-8-12-21-10-4-3-5-11-21)18-31-27(23)20(2)28(24)32-25/h3-7,9-11,13,15-16H,8,12,14,17-18H2,1-2H3/b25-16-. The highest BCUT2D eigenvalue weighted by Crippen LogP contribution is 2.43. The number of Topliss-reactive ketones (excluding diaryl/α,β-unsaturated/α-hetero) is 1. The van der Waals surface area contributed by atoms with Gasteiger partial charge in [0, 0.05) is 24.2 Å². The van der Waals surface area contributed by atoms with Gasteiger partial charge in [0.15, 0.2) is 5.76 Å². The van der Waals surface area contributed by atoms with Crippen molar-refractivity contribution in [2.45, 2.75) is 33.2 Å². The average molecular weight is 426 g/mol. The molecule has 162 valence electrons. The van der Waals surface area contributed by atoms with Crippen LogP contribution in [0.15, 0.2) is 66.4 Å². The van der Waals surface area contributed by atoms with E-state index in [-0.39, 0.29) is 5.78 Å². The molecule has 3 aromatic carbocycles. The van der Waals surface area contributed by atoms with E-state index in [0.717, 1.165) is 53.9 Å². The Morgan fingerprint density at radius 2 is 1.78 bits per heavy atom. The summed E-state index contributed by atoms with van der Waals surface area (Å²) in [6.45, 7) is 6.30. The van der Waals surface area contributed by atoms with Crippen LogP contribution in [0.5, 0.6) is 11.5 Å². The third-order valence-corrected chi connectivity index (χ3v) is 6.26. The van der Waals surface area contributed by atoms with Crippen LogP contribution in [0.3, 0.4) is 0 Å². The number of ketones is 1. The summed E-state index contributed by atoms with van der Waals surface area (Å²) in [4.78, 5) is 15.4. The molecule has 2 aliphatic heterocycles. The average Bonchev–Trinajstić information content (AvgIpc) is 3.12. The van der Waals surface area contributed by atoms with Crippen molar-refractivity contribution in [1.29, 1.82) is 0 Å². The molecule has 0 fully saturated rings. The minimum atomic E-state index is -0.0599. The highest BCUT2D eigenvalue weighted by molar-refractivity contribution is 6.15. The number of carbonyl (C=O) groups excluding carboxylic acids is 1. The largest absolute Gasteiger partial charge is 0.477 e. The van der Waals surface area contributed by atoms with E-state index in [1.165, 1.54) is 5.56 Å². The normalized spacial score (nSPS) is 16.4. The Balaban J connectivity index is 1.33. The van der Waals surface area contributed by atoms with Crippen LogP contribution < -0.4 is 9.47 Å². The Bertz CT molecular complexity index is 1200. The second-order valence-electron chi connectivity index (χ2n) is 8.58. The second-order valence-corrected chi connectivity index (χ2v) is 8.58. The molecule has 0 amide bonds. The molecule has 0 radical (unpaired) electrons. The van der Waals surface area contributed by atoms with Crippen LogP contribution in [0.25, 0.3) is 6.08 Å². The minimum absolute atomic E-state index is 0.0599. The monoisotopic (exact) mass is 425 g/mol. The predicted molar refractivity (Wildman–Crippen MR) is 126 cm³/mol. The summed E-state index contributed by atoms with van der Waals surface area (Å²) in [7, 11) is 0. The molecule has 3 aromatic rings. The summed E-state index contributed by atoms with van der Waals surface area (Å²) in [5.41, 5.74) is 6.06. The molecule has 0 saturated heterocycles. The van der Waals surface area contributed by atoms with E-state index in [9.17, 15) is 4.79 Å². The van der Waals surface area contributed by atoms with Crippen LogP contribution >= 0.6 is 0 Å². The molecule has 0 N–H and O–H groups in total. The third kappa shape index (κ3) is 3.94. The van der Waals surface area contributed by atoms with E-state index in [1.807, 2.05) is 56.3 Å². The second kappa shape index (κ2) is 8.64. The molecule has 0 aliphatic carbocycles. The number of fused-ring (bicyclic) bond motifs is 2. The van der Waals surface area contributed by atoms with E-state index in [2.05, 4.69) is 29.2 Å². The number of hydrogen-bond donors (Lipinski definition) is 0. The maximum absolute atomic E-state index is 13.1. The summed E-state index contributed by atoms with van der Waals surface area (Å²) in [6, 6.07) is 20.5. The van der Waals surface area contributed by atoms with E-state index in [0.29, 0.717) is 23.8 Å². The van der Waals surface area contributed by atoms with E-state index in [1.54, 1.807) is 0 Å². The van der Waals surface area contributed by atoms with Crippen molar-refractivity contribution < 1.29 is 14.3 Å². The fourth-order valence-corrected chi connectivity index (χ4v) is 4.48. The van der Waals surface area contributed by atoms with Gasteiger partial charge in [-0.3, -0.25) is 9.69 Å². The SMILES string of the molecule is Cc1ccccc1/C=C1\Oc2c(cc3c(c2C)OCN(CCCc2ccccc2)C3)C1=O. The van der Waals surface area contributed by atoms with Crippen molar-refractivity contribution in [1.82, 2.24) is 4.90 Å². The van der Waals surface area contributed by atoms with Crippen molar-refractivity contribution >= 4 is 11.9 Å². The molecule has 0 spiro atoms. The third-order valence-electron chi connectivity index (χ3n) is 6.26. The zero-order valence-corrected chi connectivity index (χ0v) is 18.6. The van der Waals surface area contributed by atoms with Gasteiger partial charge in [0.2, 0.25) is 5.78 Å². The van der Waals surface area contributed by atoms with Crippen LogP contribution in [0.2, 0.25) is 0 Å². The molecule has 4 nitrogen and oxygen atoms in total. The first kappa shape index (κ1) is 20.5. The molecule has 4 heteroatoms. The van der Waals surface area contributed by atoms with Gasteiger partial charge in [-0.2, -0.15) is 0 Å². The van der Waals surface area contributed by atoms with Gasteiger partial charge >= 0.3 is 0 Å². The molecule has 0 atom stereocenters. The predicted octanol–water partition coefficient (Wildman–Crippen LogP) is 5.70. The number of hydrogen-bond acceptors (Lipinski definition) is 4. The van der Waals surface area contributed by atoms with E-state index >= 15 is 0 Å². The maximum atomic E-state index is 13.1. The van der Waals surface area contributed by atoms with E-state index < -0.39 is 0 Å². The summed E-state index contributed by atoms with van der Waals surface area (Å²) in [6.07, 6.45) is 3.96. The topological polar surface area (TPSA) is 38.8 Å². The number of allylic oxidation sites excluding steroid dienone is 1. The first-order valence-electron chi connectivity index (χ1n) is 11.2. The number of carbonyl (C=O) groups is 1. The smallest absolute Gasteiger partial charge is 0.231 e. The van der Waals surface area contributed by atoms with Crippen molar-refractivity contribution in [2.75, 3.05) is 13.3 Å². The molecule has 5 rings (SSSR count). The lowest BCUT2D eigenvalue weighted by Crippen LogP contribution is -2.33. The number of ether oxygens (including phenoxy) is 2. The minimum Gasteiger partial charge on any atom is -0.477 e. The van der Waals surface area contributed by atoms with Crippen LogP contribution in [-0.4, -0.2) is 24.0 Å². The van der Waals surface area contributed by atoms with Gasteiger partial charge in [-0.15, -0.1) is 0 Å². The van der Waals surface area contributed by atoms with Gasteiger partial charge in [0.05, 0.1) is 5.56 Å². The summed E-state index contributed by atoms with van der Waals surface area (Å²) in [5, 5.41) is 0. The summed E-state index contributed by atoms with van der Waals surface area (Å²) in [5.74, 6) is 1.80. The van der Waals surface area contributed by atoms with Crippen molar-refractivity contribution in [3.8, 4) is 11.5 Å². The van der Waals surface area contributed by atoms with Gasteiger partial charge in [-0.1, -0.05) is 54.6 Å². The first-order valence-corrected chi connectivity index (χ1v) is 11.2. The molecule has 0 aromatic heterocycles. The quantitative estimate of drug-likeness (QED) is 0.491. The number of benzene rings is 3. The van der Waals surface area contributed by atoms with Crippen LogP contribution in [-0.2, 0) is 13.0 Å². The molecule has 0 saturated carbocycles. The van der Waals surface area contributed by atoms with E-state index in [4.69, 9.17) is 9.47 Å². The molecular formula is C28H27NO3. The number of rotatable bonds is 5. The van der Waals surface area contributed by atoms with Crippen molar-refractivity contribution in [2.24, 2.45) is 0 Å². The van der Waals surface area contributed by atoms with Crippen LogP contribution in [0, 0.1) is 13.8 Å². The zero-order valence-electron chi connectivity index (χ0n) is 18.6. The Labute approximate surface area is 189 Å². The number of nitrogens with zero attached hydrogens (tertiary/aromatic N) is 1. The van der Waals surface area contributed by atoms with Crippen LogP contribution in [0.4, 0.5) is 0 Å². The lowest BCUT2D eigenvalue weighted by Gasteiger charge is -2.30. The fraction of sp³-hybridized carbons (Fsp3) is 0.250. The maximum Gasteiger partial charge on any atom is 0.231 e.